The Kier molecular flexibility index (Phi) is 7.94. The van der Waals surface area contributed by atoms with Gasteiger partial charge >= 0.3 is 12.1 Å². The van der Waals surface area contributed by atoms with E-state index < -0.39 is 11.9 Å². The lowest BCUT2D eigenvalue weighted by molar-refractivity contribution is -0.198. The molecule has 0 bridgehead atoms. The van der Waals surface area contributed by atoms with Gasteiger partial charge in [-0.3, -0.25) is 4.79 Å². The molecule has 8 nitrogen and oxygen atoms in total. The number of thiophene rings is 1. The van der Waals surface area contributed by atoms with Crippen LogP contribution in [0.15, 0.2) is 35.3 Å². The Morgan fingerprint density at radius 2 is 1.76 bits per heavy atom. The van der Waals surface area contributed by atoms with Gasteiger partial charge in [0, 0.05) is 44.9 Å². The maximum atomic E-state index is 14.0. The molecule has 2 aromatic rings. The number of hydrogen-bond donors (Lipinski definition) is 0. The molecule has 0 radical (unpaired) electrons. The summed E-state index contributed by atoms with van der Waals surface area (Å²) in [4.78, 5) is 38.9. The van der Waals surface area contributed by atoms with Crippen LogP contribution in [0.4, 0.5) is 16.2 Å². The van der Waals surface area contributed by atoms with Crippen LogP contribution < -0.4 is 14.8 Å². The molecule has 1 saturated heterocycles. The van der Waals surface area contributed by atoms with E-state index in [0.29, 0.717) is 23.7 Å². The van der Waals surface area contributed by atoms with E-state index in [1.807, 2.05) is 38.1 Å². The van der Waals surface area contributed by atoms with Crippen molar-refractivity contribution in [3.63, 3.8) is 0 Å². The van der Waals surface area contributed by atoms with Crippen molar-refractivity contribution in [3.8, 4) is 0 Å². The number of rotatable bonds is 6. The molecule has 0 saturated carbocycles. The number of nitrogens with zero attached hydrogens (tertiary/aromatic N) is 4. The maximum absolute atomic E-state index is 14.0. The largest absolute Gasteiger partial charge is 0.423 e. The van der Waals surface area contributed by atoms with E-state index in [1.165, 1.54) is 0 Å². The Balaban J connectivity index is 1.74. The number of anilines is 1. The minimum Gasteiger partial charge on any atom is -0.423 e. The minimum atomic E-state index is -1.45. The van der Waals surface area contributed by atoms with E-state index >= 15 is 0 Å². The summed E-state index contributed by atoms with van der Waals surface area (Å²) in [6.45, 7) is 14.5. The van der Waals surface area contributed by atoms with Crippen molar-refractivity contribution in [1.29, 1.82) is 0 Å². The number of fused-ring (bicyclic) bond motifs is 2. The molecule has 1 aromatic carbocycles. The number of aryl methyl sites for hydroxylation is 1. The highest BCUT2D eigenvalue weighted by molar-refractivity contribution is 7.09. The number of piperazine rings is 1. The average molecular weight is 527 g/mol. The number of benzene rings is 1. The van der Waals surface area contributed by atoms with E-state index in [4.69, 9.17) is 14.5 Å². The molecule has 1 amide bonds. The second-order valence-electron chi connectivity index (χ2n) is 10.8. The lowest BCUT2D eigenvalue weighted by Crippen LogP contribution is -2.52. The third-order valence-electron chi connectivity index (χ3n) is 6.53. The smallest absolute Gasteiger partial charge is 0.423 e. The van der Waals surface area contributed by atoms with E-state index in [9.17, 15) is 9.59 Å². The van der Waals surface area contributed by atoms with Gasteiger partial charge in [0.25, 0.3) is 5.79 Å². The highest BCUT2D eigenvalue weighted by atomic mass is 32.1. The summed E-state index contributed by atoms with van der Waals surface area (Å²) in [5.41, 5.74) is 1.32. The van der Waals surface area contributed by atoms with Crippen molar-refractivity contribution in [2.75, 3.05) is 38.1 Å². The summed E-state index contributed by atoms with van der Waals surface area (Å²) in [5.74, 6) is -1.01. The number of carbonyl (C=O) groups excluding carboxylic acids is 2. The summed E-state index contributed by atoms with van der Waals surface area (Å²) < 4.78 is 12.5. The molecule has 0 aliphatic carbocycles. The van der Waals surface area contributed by atoms with E-state index in [1.54, 1.807) is 30.1 Å². The van der Waals surface area contributed by atoms with Crippen molar-refractivity contribution in [1.82, 2.24) is 9.80 Å². The third kappa shape index (κ3) is 6.15. The van der Waals surface area contributed by atoms with Crippen LogP contribution in [-0.2, 0) is 14.3 Å². The van der Waals surface area contributed by atoms with Gasteiger partial charge in [0.05, 0.1) is 22.5 Å². The average Bonchev–Trinajstić information content (AvgIpc) is 3.10. The second kappa shape index (κ2) is 10.8. The molecule has 2 aliphatic heterocycles. The summed E-state index contributed by atoms with van der Waals surface area (Å²) in [5, 5.41) is 0.903. The van der Waals surface area contributed by atoms with Gasteiger partial charge in [-0.05, 0) is 44.5 Å². The predicted octanol–water partition coefficient (Wildman–Crippen LogP) is 4.24. The van der Waals surface area contributed by atoms with Crippen LogP contribution in [0.1, 0.15) is 45.9 Å². The minimum absolute atomic E-state index is 0.292. The number of amides is 1. The highest BCUT2D eigenvalue weighted by Crippen LogP contribution is 2.35. The monoisotopic (exact) mass is 526 g/mol. The normalized spacial score (nSPS) is 17.0. The fourth-order valence-electron chi connectivity index (χ4n) is 4.77. The van der Waals surface area contributed by atoms with Gasteiger partial charge in [0.2, 0.25) is 0 Å². The Morgan fingerprint density at radius 1 is 1.08 bits per heavy atom. The first-order valence-electron chi connectivity index (χ1n) is 12.9. The Labute approximate surface area is 223 Å². The molecule has 1 aromatic heterocycles. The highest BCUT2D eigenvalue weighted by Gasteiger charge is 2.37. The number of carbonyl (C=O) groups is 2. The van der Waals surface area contributed by atoms with Crippen LogP contribution in [0, 0.1) is 18.8 Å². The van der Waals surface area contributed by atoms with Crippen LogP contribution in [0.3, 0.4) is 0 Å². The van der Waals surface area contributed by atoms with Crippen LogP contribution in [0.25, 0.3) is 5.82 Å². The molecule has 1 atom stereocenters. The van der Waals surface area contributed by atoms with Crippen molar-refractivity contribution in [3.05, 3.63) is 45.1 Å². The molecule has 0 N–H and O–H groups in total. The zero-order chi connectivity index (χ0) is 26.9. The Morgan fingerprint density at radius 3 is 2.43 bits per heavy atom. The van der Waals surface area contributed by atoms with Gasteiger partial charge < -0.3 is 19.3 Å². The van der Waals surface area contributed by atoms with Crippen LogP contribution in [0.5, 0.6) is 0 Å². The number of likely N-dealkylation sites (N-methyl/N-ethyl adjacent to an activating group) is 1. The second-order valence-corrected chi connectivity index (χ2v) is 12.1. The lowest BCUT2D eigenvalue weighted by Gasteiger charge is -2.39. The number of para-hydroxylation sites is 2. The first-order chi connectivity index (χ1) is 17.4. The molecule has 37 heavy (non-hydrogen) atoms. The molecule has 9 heteroatoms. The van der Waals surface area contributed by atoms with Gasteiger partial charge in [-0.1, -0.05) is 32.9 Å². The standard InChI is InChI=1S/C28H38N4O4S/c1-18(2)16-19(3)26(33)35-28(5,6)36-27(34)32-23-11-9-8-10-22(23)29-24-21(17-20(4)37-24)25(32)31-14-12-30(7)13-15-31/h8-11,17-19H,12-16H2,1-7H3. The van der Waals surface area contributed by atoms with Gasteiger partial charge in [0.15, 0.2) is 0 Å². The molecular weight excluding hydrogens is 488 g/mol. The first-order valence-corrected chi connectivity index (χ1v) is 13.7. The summed E-state index contributed by atoms with van der Waals surface area (Å²) in [6, 6.07) is 9.67. The van der Waals surface area contributed by atoms with E-state index in [2.05, 4.69) is 36.8 Å². The number of hydrogen-bond acceptors (Lipinski definition) is 8. The molecule has 2 aliphatic rings. The molecule has 3 heterocycles. The van der Waals surface area contributed by atoms with Gasteiger partial charge in [-0.15, -0.1) is 11.3 Å². The maximum Gasteiger partial charge on any atom is 0.423 e. The fourth-order valence-corrected chi connectivity index (χ4v) is 5.66. The third-order valence-corrected chi connectivity index (χ3v) is 7.47. The van der Waals surface area contributed by atoms with Crippen molar-refractivity contribution >= 4 is 40.6 Å². The SMILES string of the molecule is Cc1cc2c(s1)=Nc1ccccc1N(C(=O)OC(C)(C)OC(=O)C(C)CC(C)C)C=2N1CCN(C)CC1. The molecule has 0 spiro atoms. The van der Waals surface area contributed by atoms with Gasteiger partial charge in [0.1, 0.15) is 10.5 Å². The Bertz CT molecular complexity index is 1280. The van der Waals surface area contributed by atoms with Crippen LogP contribution >= 0.6 is 11.3 Å². The van der Waals surface area contributed by atoms with Crippen molar-refractivity contribution < 1.29 is 19.1 Å². The van der Waals surface area contributed by atoms with Gasteiger partial charge in [-0.2, -0.15) is 0 Å². The molecule has 200 valence electrons. The number of ether oxygens (including phenoxy) is 2. The zero-order valence-electron chi connectivity index (χ0n) is 22.9. The number of esters is 1. The molecule has 1 unspecified atom stereocenters. The van der Waals surface area contributed by atoms with Gasteiger partial charge in [-0.25, -0.2) is 14.7 Å². The van der Waals surface area contributed by atoms with E-state index in [-0.39, 0.29) is 11.9 Å². The van der Waals surface area contributed by atoms with E-state index in [0.717, 1.165) is 46.8 Å². The molecule has 1 fully saturated rings. The van der Waals surface area contributed by atoms with Crippen molar-refractivity contribution in [2.45, 2.75) is 53.8 Å². The summed E-state index contributed by atoms with van der Waals surface area (Å²) in [6.07, 6.45) is 0.0912. The molecule has 4 rings (SSSR count). The summed E-state index contributed by atoms with van der Waals surface area (Å²) >= 11 is 1.61. The topological polar surface area (TPSA) is 74.7 Å². The zero-order valence-corrected chi connectivity index (χ0v) is 23.7. The van der Waals surface area contributed by atoms with Crippen LogP contribution in [-0.4, -0.2) is 60.9 Å². The van der Waals surface area contributed by atoms with Crippen molar-refractivity contribution in [2.24, 2.45) is 16.8 Å². The quantitative estimate of drug-likeness (QED) is 0.414. The Hall–Kier alpha value is -2.91. The summed E-state index contributed by atoms with van der Waals surface area (Å²) in [7, 11) is 2.10. The lowest BCUT2D eigenvalue weighted by atomic mass is 9.99. The first kappa shape index (κ1) is 27.1. The predicted molar refractivity (Wildman–Crippen MR) is 146 cm³/mol. The molecular formula is C28H38N4O4S. The fraction of sp³-hybridized carbons (Fsp3) is 0.536. The van der Waals surface area contributed by atoms with Crippen LogP contribution in [0.2, 0.25) is 0 Å².